The number of rotatable bonds is 4. The first-order valence-corrected chi connectivity index (χ1v) is 9.68. The fraction of sp³-hybridized carbons (Fsp3) is 0.533. The van der Waals surface area contributed by atoms with Gasteiger partial charge in [0.05, 0.1) is 38.1 Å². The minimum absolute atomic E-state index is 0.0466. The molecule has 10 heteroatoms. The highest BCUT2D eigenvalue weighted by Crippen LogP contribution is 2.28. The molecule has 1 aromatic carbocycles. The molecule has 2 aliphatic heterocycles. The number of hydrogen-bond acceptors (Lipinski definition) is 6. The molecule has 1 aromatic rings. The van der Waals surface area contributed by atoms with Gasteiger partial charge in [-0.25, -0.2) is 8.42 Å². The van der Waals surface area contributed by atoms with Gasteiger partial charge in [0.1, 0.15) is 4.90 Å². The van der Waals surface area contributed by atoms with Crippen LogP contribution in [0.4, 0.5) is 5.69 Å². The van der Waals surface area contributed by atoms with E-state index in [9.17, 15) is 13.2 Å². The van der Waals surface area contributed by atoms with Gasteiger partial charge < -0.3 is 19.5 Å². The summed E-state index contributed by atoms with van der Waals surface area (Å²) in [5.41, 5.74) is 0.329. The number of nitrogens with zero attached hydrogens (tertiary/aromatic N) is 1. The van der Waals surface area contributed by atoms with Crippen LogP contribution >= 0.6 is 11.6 Å². The molecular formula is C15H19ClN2O6S. The summed E-state index contributed by atoms with van der Waals surface area (Å²) in [6, 6.07) is 4.35. The summed E-state index contributed by atoms with van der Waals surface area (Å²) in [6.07, 6.45) is -0.719. The quantitative estimate of drug-likeness (QED) is 0.813. The average molecular weight is 391 g/mol. The predicted molar refractivity (Wildman–Crippen MR) is 90.2 cm³/mol. The van der Waals surface area contributed by atoms with Crippen molar-refractivity contribution in [2.24, 2.45) is 0 Å². The number of carbonyl (C=O) groups excluding carboxylic acids is 1. The Bertz CT molecular complexity index is 730. The highest BCUT2D eigenvalue weighted by Gasteiger charge is 2.29. The lowest BCUT2D eigenvalue weighted by Gasteiger charge is -2.26. The van der Waals surface area contributed by atoms with Crippen molar-refractivity contribution in [2.45, 2.75) is 11.0 Å². The van der Waals surface area contributed by atoms with Crippen molar-refractivity contribution >= 4 is 33.2 Å². The van der Waals surface area contributed by atoms with E-state index in [0.29, 0.717) is 32.1 Å². The second-order valence-corrected chi connectivity index (χ2v) is 7.90. The predicted octanol–water partition coefficient (Wildman–Crippen LogP) is 0.715. The van der Waals surface area contributed by atoms with Crippen LogP contribution in [0.2, 0.25) is 5.02 Å². The minimum atomic E-state index is -3.76. The molecule has 25 heavy (non-hydrogen) atoms. The molecule has 1 amide bonds. The van der Waals surface area contributed by atoms with E-state index in [4.69, 9.17) is 25.8 Å². The number of sulfonamides is 1. The SMILES string of the molecule is O=C(Nc1ccc(Cl)c(S(=O)(=O)N2CCOCC2)c1)C1COCCO1. The van der Waals surface area contributed by atoms with Gasteiger partial charge in [-0.05, 0) is 18.2 Å². The summed E-state index contributed by atoms with van der Waals surface area (Å²) >= 11 is 6.09. The van der Waals surface area contributed by atoms with Crippen molar-refractivity contribution in [3.8, 4) is 0 Å². The van der Waals surface area contributed by atoms with Crippen molar-refractivity contribution in [3.63, 3.8) is 0 Å². The number of nitrogens with one attached hydrogen (secondary N) is 1. The molecule has 2 saturated heterocycles. The van der Waals surface area contributed by atoms with Gasteiger partial charge in [0.2, 0.25) is 10.0 Å². The molecular weight excluding hydrogens is 372 g/mol. The van der Waals surface area contributed by atoms with E-state index in [0.717, 1.165) is 0 Å². The van der Waals surface area contributed by atoms with Gasteiger partial charge in [-0.2, -0.15) is 4.31 Å². The number of carbonyl (C=O) groups is 1. The summed E-state index contributed by atoms with van der Waals surface area (Å²) in [7, 11) is -3.76. The van der Waals surface area contributed by atoms with E-state index in [2.05, 4.69) is 5.32 Å². The number of amides is 1. The first kappa shape index (κ1) is 18.6. The highest BCUT2D eigenvalue weighted by atomic mass is 35.5. The highest BCUT2D eigenvalue weighted by molar-refractivity contribution is 7.89. The van der Waals surface area contributed by atoms with Crippen molar-refractivity contribution in [1.82, 2.24) is 4.31 Å². The van der Waals surface area contributed by atoms with Crippen LogP contribution in [-0.2, 0) is 29.0 Å². The van der Waals surface area contributed by atoms with Crippen LogP contribution in [0.3, 0.4) is 0 Å². The molecule has 2 aliphatic rings. The molecule has 0 saturated carbocycles. The summed E-state index contributed by atoms with van der Waals surface area (Å²) in [4.78, 5) is 12.1. The third-order valence-electron chi connectivity index (χ3n) is 3.89. The van der Waals surface area contributed by atoms with Gasteiger partial charge in [-0.3, -0.25) is 4.79 Å². The van der Waals surface area contributed by atoms with Crippen LogP contribution in [0.25, 0.3) is 0 Å². The number of anilines is 1. The third-order valence-corrected chi connectivity index (χ3v) is 6.28. The molecule has 0 aromatic heterocycles. The Hall–Kier alpha value is -1.23. The maximum absolute atomic E-state index is 12.8. The lowest BCUT2D eigenvalue weighted by Crippen LogP contribution is -2.41. The minimum Gasteiger partial charge on any atom is -0.379 e. The summed E-state index contributed by atoms with van der Waals surface area (Å²) in [5, 5.41) is 2.74. The zero-order chi connectivity index (χ0) is 17.9. The van der Waals surface area contributed by atoms with Gasteiger partial charge in [0.15, 0.2) is 6.10 Å². The number of ether oxygens (including phenoxy) is 3. The molecule has 2 heterocycles. The molecule has 1 unspecified atom stereocenters. The molecule has 0 radical (unpaired) electrons. The zero-order valence-electron chi connectivity index (χ0n) is 13.4. The van der Waals surface area contributed by atoms with E-state index >= 15 is 0 Å². The second kappa shape index (κ2) is 7.98. The number of benzene rings is 1. The Balaban J connectivity index is 1.79. The van der Waals surface area contributed by atoms with E-state index in [1.807, 2.05) is 0 Å². The van der Waals surface area contributed by atoms with Gasteiger partial charge in [0.25, 0.3) is 5.91 Å². The molecule has 0 aliphatic carbocycles. The van der Waals surface area contributed by atoms with Crippen LogP contribution in [0.15, 0.2) is 23.1 Å². The van der Waals surface area contributed by atoms with Crippen LogP contribution in [0.5, 0.6) is 0 Å². The van der Waals surface area contributed by atoms with Gasteiger partial charge in [-0.1, -0.05) is 11.6 Å². The Morgan fingerprint density at radius 1 is 1.16 bits per heavy atom. The van der Waals surface area contributed by atoms with Crippen LogP contribution in [0.1, 0.15) is 0 Å². The Kier molecular flexibility index (Phi) is 5.92. The van der Waals surface area contributed by atoms with Crippen molar-refractivity contribution in [1.29, 1.82) is 0 Å². The van der Waals surface area contributed by atoms with E-state index in [1.54, 1.807) is 6.07 Å². The average Bonchev–Trinajstić information content (AvgIpc) is 2.64. The van der Waals surface area contributed by atoms with Crippen LogP contribution in [0, 0.1) is 0 Å². The maximum Gasteiger partial charge on any atom is 0.255 e. The molecule has 3 rings (SSSR count). The number of hydrogen-bond donors (Lipinski definition) is 1. The first-order valence-electron chi connectivity index (χ1n) is 7.86. The first-order chi connectivity index (χ1) is 12.0. The van der Waals surface area contributed by atoms with E-state index < -0.39 is 22.0 Å². The molecule has 0 spiro atoms. The van der Waals surface area contributed by atoms with E-state index in [1.165, 1.54) is 16.4 Å². The van der Waals surface area contributed by atoms with Gasteiger partial charge in [0, 0.05) is 18.8 Å². The summed E-state index contributed by atoms with van der Waals surface area (Å²) in [6.45, 7) is 2.17. The Morgan fingerprint density at radius 2 is 1.92 bits per heavy atom. The molecule has 0 bridgehead atoms. The van der Waals surface area contributed by atoms with Crippen LogP contribution in [-0.4, -0.2) is 70.9 Å². The maximum atomic E-state index is 12.8. The standard InChI is InChI=1S/C15H19ClN2O6S/c16-12-2-1-11(17-15(19)13-10-23-7-8-24-13)9-14(12)25(20,21)18-3-5-22-6-4-18/h1-2,9,13H,3-8,10H2,(H,17,19). The summed E-state index contributed by atoms with van der Waals surface area (Å²) in [5.74, 6) is -0.392. The lowest BCUT2D eigenvalue weighted by molar-refractivity contribution is -0.142. The Morgan fingerprint density at radius 3 is 2.60 bits per heavy atom. The topological polar surface area (TPSA) is 94.2 Å². The lowest BCUT2D eigenvalue weighted by atomic mass is 10.3. The fourth-order valence-electron chi connectivity index (χ4n) is 2.57. The van der Waals surface area contributed by atoms with Crippen LogP contribution < -0.4 is 5.32 Å². The van der Waals surface area contributed by atoms with Gasteiger partial charge in [-0.15, -0.1) is 0 Å². The fourth-order valence-corrected chi connectivity index (χ4v) is 4.48. The largest absolute Gasteiger partial charge is 0.379 e. The zero-order valence-corrected chi connectivity index (χ0v) is 15.0. The van der Waals surface area contributed by atoms with Gasteiger partial charge >= 0.3 is 0 Å². The molecule has 1 atom stereocenters. The number of morpholine rings is 1. The molecule has 1 N–H and O–H groups in total. The van der Waals surface area contributed by atoms with E-state index in [-0.39, 0.29) is 29.6 Å². The second-order valence-electron chi connectivity index (χ2n) is 5.59. The smallest absolute Gasteiger partial charge is 0.255 e. The monoisotopic (exact) mass is 390 g/mol. The molecule has 2 fully saturated rings. The number of halogens is 1. The Labute approximate surface area is 151 Å². The summed E-state index contributed by atoms with van der Waals surface area (Å²) < 4.78 is 42.6. The third kappa shape index (κ3) is 4.30. The van der Waals surface area contributed by atoms with Crippen molar-refractivity contribution in [2.75, 3.05) is 51.4 Å². The molecule has 138 valence electrons. The molecule has 8 nitrogen and oxygen atoms in total. The van der Waals surface area contributed by atoms with Crippen molar-refractivity contribution < 1.29 is 27.4 Å². The van der Waals surface area contributed by atoms with Crippen molar-refractivity contribution in [3.05, 3.63) is 23.2 Å². The normalized spacial score (nSPS) is 22.5.